The number of aliphatic carboxylic acids is 1. The van der Waals surface area contributed by atoms with Gasteiger partial charge in [0.1, 0.15) is 0 Å². The number of unbranched alkanes of at least 4 members (excludes halogenated alkanes) is 1. The molecule has 0 fully saturated rings. The zero-order valence-corrected chi connectivity index (χ0v) is 10.7. The summed E-state index contributed by atoms with van der Waals surface area (Å²) >= 11 is 1.70. The van der Waals surface area contributed by atoms with Crippen LogP contribution in [0.15, 0.2) is 0 Å². The molecule has 0 aromatic heterocycles. The van der Waals surface area contributed by atoms with Crippen LogP contribution >= 0.6 is 11.8 Å². The van der Waals surface area contributed by atoms with E-state index >= 15 is 0 Å². The van der Waals surface area contributed by atoms with Gasteiger partial charge in [-0.15, -0.1) is 0 Å². The van der Waals surface area contributed by atoms with E-state index in [4.69, 9.17) is 5.11 Å². The Morgan fingerprint density at radius 3 is 2.62 bits per heavy atom. The van der Waals surface area contributed by atoms with E-state index in [0.717, 1.165) is 12.3 Å². The molecule has 0 aliphatic heterocycles. The molecule has 0 saturated heterocycles. The molecule has 0 unspecified atom stereocenters. The predicted octanol–water partition coefficient (Wildman–Crippen LogP) is 1.25. The SMILES string of the molecule is CSCCN(C)C(=O)NCCCCC(=O)O. The van der Waals surface area contributed by atoms with E-state index in [-0.39, 0.29) is 12.5 Å². The molecule has 0 bridgehead atoms. The molecule has 0 atom stereocenters. The van der Waals surface area contributed by atoms with Gasteiger partial charge >= 0.3 is 12.0 Å². The van der Waals surface area contributed by atoms with Gasteiger partial charge in [0.25, 0.3) is 0 Å². The van der Waals surface area contributed by atoms with Crippen LogP contribution in [0.25, 0.3) is 0 Å². The normalized spacial score (nSPS) is 9.88. The van der Waals surface area contributed by atoms with E-state index in [9.17, 15) is 9.59 Å². The highest BCUT2D eigenvalue weighted by atomic mass is 32.2. The molecule has 5 nitrogen and oxygen atoms in total. The standard InChI is InChI=1S/C10H20N2O3S/c1-12(7-8-16-2)10(15)11-6-4-3-5-9(13)14/h3-8H2,1-2H3,(H,11,15)(H,13,14). The minimum atomic E-state index is -0.789. The van der Waals surface area contributed by atoms with E-state index < -0.39 is 5.97 Å². The molecule has 0 saturated carbocycles. The van der Waals surface area contributed by atoms with Crippen LogP contribution in [-0.2, 0) is 4.79 Å². The quantitative estimate of drug-likeness (QED) is 0.634. The van der Waals surface area contributed by atoms with Gasteiger partial charge in [0.05, 0.1) is 0 Å². The van der Waals surface area contributed by atoms with Crippen LogP contribution in [0.1, 0.15) is 19.3 Å². The number of carboxylic acids is 1. The van der Waals surface area contributed by atoms with Gasteiger partial charge in [-0.25, -0.2) is 4.79 Å². The molecule has 6 heteroatoms. The van der Waals surface area contributed by atoms with Gasteiger partial charge in [-0.05, 0) is 19.1 Å². The number of amides is 2. The van der Waals surface area contributed by atoms with Crippen LogP contribution in [-0.4, -0.2) is 54.2 Å². The van der Waals surface area contributed by atoms with E-state index in [1.165, 1.54) is 0 Å². The molecule has 0 aromatic rings. The number of carboxylic acid groups (broad SMARTS) is 1. The van der Waals surface area contributed by atoms with Crippen LogP contribution in [0.4, 0.5) is 4.79 Å². The van der Waals surface area contributed by atoms with Crippen molar-refractivity contribution in [2.75, 3.05) is 32.1 Å². The maximum Gasteiger partial charge on any atom is 0.317 e. The lowest BCUT2D eigenvalue weighted by Crippen LogP contribution is -2.38. The Morgan fingerprint density at radius 1 is 1.38 bits per heavy atom. The lowest BCUT2D eigenvalue weighted by atomic mass is 10.2. The van der Waals surface area contributed by atoms with E-state index in [0.29, 0.717) is 19.4 Å². The maximum atomic E-state index is 11.4. The van der Waals surface area contributed by atoms with Crippen molar-refractivity contribution in [1.29, 1.82) is 0 Å². The fraction of sp³-hybridized carbons (Fsp3) is 0.800. The molecule has 0 radical (unpaired) electrons. The molecule has 0 aliphatic rings. The van der Waals surface area contributed by atoms with Gasteiger partial charge in [-0.3, -0.25) is 4.79 Å². The van der Waals surface area contributed by atoms with Crippen molar-refractivity contribution >= 4 is 23.8 Å². The molecule has 2 amide bonds. The van der Waals surface area contributed by atoms with Crippen LogP contribution in [0, 0.1) is 0 Å². The zero-order valence-electron chi connectivity index (χ0n) is 9.86. The first-order chi connectivity index (χ1) is 7.57. The van der Waals surface area contributed by atoms with Crippen molar-refractivity contribution in [3.63, 3.8) is 0 Å². The highest BCUT2D eigenvalue weighted by Crippen LogP contribution is 1.96. The molecule has 0 rings (SSSR count). The summed E-state index contributed by atoms with van der Waals surface area (Å²) in [6.07, 6.45) is 3.47. The average Bonchev–Trinajstić information content (AvgIpc) is 2.24. The summed E-state index contributed by atoms with van der Waals surface area (Å²) in [5, 5.41) is 11.2. The molecule has 0 aliphatic carbocycles. The topological polar surface area (TPSA) is 69.6 Å². The molecule has 0 heterocycles. The second-order valence-corrected chi connectivity index (χ2v) is 4.48. The third-order valence-electron chi connectivity index (χ3n) is 2.07. The number of carbonyl (C=O) groups is 2. The van der Waals surface area contributed by atoms with Gasteiger partial charge in [0.2, 0.25) is 0 Å². The highest BCUT2D eigenvalue weighted by molar-refractivity contribution is 7.98. The Bertz CT molecular complexity index is 224. The Balaban J connectivity index is 3.45. The van der Waals surface area contributed by atoms with Crippen molar-refractivity contribution in [3.05, 3.63) is 0 Å². The molecular weight excluding hydrogens is 228 g/mol. The number of rotatable bonds is 8. The van der Waals surface area contributed by atoms with E-state index in [1.807, 2.05) is 6.26 Å². The number of nitrogens with zero attached hydrogens (tertiary/aromatic N) is 1. The molecule has 2 N–H and O–H groups in total. The Kier molecular flexibility index (Phi) is 8.80. The zero-order chi connectivity index (χ0) is 12.4. The number of carbonyl (C=O) groups excluding carboxylic acids is 1. The van der Waals surface area contributed by atoms with Crippen LogP contribution in [0.2, 0.25) is 0 Å². The third-order valence-corrected chi connectivity index (χ3v) is 2.66. The third kappa shape index (κ3) is 8.40. The molecule has 0 spiro atoms. The predicted molar refractivity (Wildman–Crippen MR) is 65.9 cm³/mol. The van der Waals surface area contributed by atoms with Crippen LogP contribution in [0.5, 0.6) is 0 Å². The molecule has 16 heavy (non-hydrogen) atoms. The number of hydrogen-bond acceptors (Lipinski definition) is 3. The smallest absolute Gasteiger partial charge is 0.317 e. The minimum absolute atomic E-state index is 0.0932. The number of urea groups is 1. The second-order valence-electron chi connectivity index (χ2n) is 3.50. The molecule has 0 aromatic carbocycles. The van der Waals surface area contributed by atoms with Gasteiger partial charge in [-0.2, -0.15) is 11.8 Å². The second kappa shape index (κ2) is 9.33. The first-order valence-corrected chi connectivity index (χ1v) is 6.67. The van der Waals surface area contributed by atoms with Gasteiger partial charge in [0.15, 0.2) is 0 Å². The summed E-state index contributed by atoms with van der Waals surface area (Å²) in [6, 6.07) is -0.0932. The summed E-state index contributed by atoms with van der Waals surface area (Å²) in [5.74, 6) is 0.131. The summed E-state index contributed by atoms with van der Waals surface area (Å²) in [7, 11) is 1.75. The van der Waals surface area contributed by atoms with Crippen LogP contribution in [0.3, 0.4) is 0 Å². The lowest BCUT2D eigenvalue weighted by molar-refractivity contribution is -0.137. The Labute approximate surface area is 101 Å². The van der Waals surface area contributed by atoms with Gasteiger partial charge in [0, 0.05) is 32.3 Å². The average molecular weight is 248 g/mol. The summed E-state index contributed by atoms with van der Waals surface area (Å²) in [6.45, 7) is 1.26. The number of hydrogen-bond donors (Lipinski definition) is 2. The summed E-state index contributed by atoms with van der Waals surface area (Å²) < 4.78 is 0. The largest absolute Gasteiger partial charge is 0.481 e. The van der Waals surface area contributed by atoms with Crippen molar-refractivity contribution in [1.82, 2.24) is 10.2 Å². The van der Waals surface area contributed by atoms with E-state index in [2.05, 4.69) is 5.32 Å². The summed E-state index contributed by atoms with van der Waals surface area (Å²) in [4.78, 5) is 23.3. The van der Waals surface area contributed by atoms with E-state index in [1.54, 1.807) is 23.7 Å². The fourth-order valence-corrected chi connectivity index (χ4v) is 1.52. The fourth-order valence-electron chi connectivity index (χ4n) is 1.06. The first kappa shape index (κ1) is 15.1. The van der Waals surface area contributed by atoms with Crippen LogP contribution < -0.4 is 5.32 Å². The Hall–Kier alpha value is -0.910. The van der Waals surface area contributed by atoms with Gasteiger partial charge in [-0.1, -0.05) is 0 Å². The van der Waals surface area contributed by atoms with Gasteiger partial charge < -0.3 is 15.3 Å². The molecule has 94 valence electrons. The minimum Gasteiger partial charge on any atom is -0.481 e. The highest BCUT2D eigenvalue weighted by Gasteiger charge is 2.06. The maximum absolute atomic E-state index is 11.4. The first-order valence-electron chi connectivity index (χ1n) is 5.27. The summed E-state index contributed by atoms with van der Waals surface area (Å²) in [5.41, 5.74) is 0. The lowest BCUT2D eigenvalue weighted by Gasteiger charge is -2.17. The van der Waals surface area contributed by atoms with Crippen molar-refractivity contribution in [2.24, 2.45) is 0 Å². The number of thioether (sulfide) groups is 1. The Morgan fingerprint density at radius 2 is 2.06 bits per heavy atom. The van der Waals surface area contributed by atoms with Crippen molar-refractivity contribution in [2.45, 2.75) is 19.3 Å². The van der Waals surface area contributed by atoms with Crippen molar-refractivity contribution < 1.29 is 14.7 Å². The monoisotopic (exact) mass is 248 g/mol. The van der Waals surface area contributed by atoms with Crippen molar-refractivity contribution in [3.8, 4) is 0 Å². The number of nitrogens with one attached hydrogen (secondary N) is 1. The molecular formula is C10H20N2O3S.